The van der Waals surface area contributed by atoms with Crippen molar-refractivity contribution in [2.45, 2.75) is 31.7 Å². The van der Waals surface area contributed by atoms with E-state index in [1.54, 1.807) is 4.90 Å². The minimum atomic E-state index is -0.892. The summed E-state index contributed by atoms with van der Waals surface area (Å²) < 4.78 is 0. The van der Waals surface area contributed by atoms with Crippen molar-refractivity contribution >= 4 is 29.5 Å². The largest absolute Gasteiger partial charge is 0.481 e. The summed E-state index contributed by atoms with van der Waals surface area (Å²) in [5.41, 5.74) is 4.99. The van der Waals surface area contributed by atoms with Crippen molar-refractivity contribution in [3.05, 3.63) is 0 Å². The zero-order chi connectivity index (χ0) is 13.5. The Hall–Kier alpha value is -1.24. The third kappa shape index (κ3) is 5.90. The van der Waals surface area contributed by atoms with Crippen LogP contribution in [0, 0.1) is 0 Å². The molecule has 0 aromatic rings. The van der Waals surface area contributed by atoms with Crippen LogP contribution in [0.15, 0.2) is 0 Å². The number of thioether (sulfide) groups is 1. The summed E-state index contributed by atoms with van der Waals surface area (Å²) in [4.78, 5) is 34.6. The smallest absolute Gasteiger partial charge is 0.305 e. The lowest BCUT2D eigenvalue weighted by atomic mass is 10.3. The molecule has 0 aromatic heterocycles. The SMILES string of the molecule is NC(=O)CSCCC(=O)N(CCC(=O)O)C1CC1. The molecule has 0 unspecified atom stereocenters. The molecule has 1 saturated carbocycles. The molecule has 1 fully saturated rings. The molecule has 0 heterocycles. The first-order valence-electron chi connectivity index (χ1n) is 5.88. The topological polar surface area (TPSA) is 101 Å². The summed E-state index contributed by atoms with van der Waals surface area (Å²) in [7, 11) is 0. The van der Waals surface area contributed by atoms with E-state index >= 15 is 0 Å². The van der Waals surface area contributed by atoms with Gasteiger partial charge in [0.05, 0.1) is 12.2 Å². The number of nitrogens with zero attached hydrogens (tertiary/aromatic N) is 1. The molecule has 0 aromatic carbocycles. The van der Waals surface area contributed by atoms with Crippen LogP contribution in [0.1, 0.15) is 25.7 Å². The molecule has 0 bridgehead atoms. The second kappa shape index (κ2) is 7.25. The zero-order valence-corrected chi connectivity index (χ0v) is 10.9. The Labute approximate surface area is 110 Å². The van der Waals surface area contributed by atoms with Gasteiger partial charge < -0.3 is 15.7 Å². The number of carboxylic acids is 1. The lowest BCUT2D eigenvalue weighted by Crippen LogP contribution is -2.35. The van der Waals surface area contributed by atoms with Gasteiger partial charge in [0, 0.05) is 24.8 Å². The summed E-state index contributed by atoms with van der Waals surface area (Å²) in [6, 6.07) is 0.220. The Bertz CT molecular complexity index is 331. The van der Waals surface area contributed by atoms with E-state index in [0.29, 0.717) is 12.2 Å². The average Bonchev–Trinajstić information content (AvgIpc) is 3.08. The van der Waals surface area contributed by atoms with Crippen molar-refractivity contribution in [3.8, 4) is 0 Å². The molecule has 0 atom stereocenters. The Morgan fingerprint density at radius 1 is 1.28 bits per heavy atom. The van der Waals surface area contributed by atoms with Crippen molar-refractivity contribution in [2.75, 3.05) is 18.1 Å². The van der Waals surface area contributed by atoms with Gasteiger partial charge in [-0.05, 0) is 12.8 Å². The highest BCUT2D eigenvalue weighted by Gasteiger charge is 2.32. The molecule has 0 aliphatic heterocycles. The van der Waals surface area contributed by atoms with Gasteiger partial charge in [-0.15, -0.1) is 0 Å². The predicted octanol–water partition coefficient (Wildman–Crippen LogP) is 0.0607. The summed E-state index contributed by atoms with van der Waals surface area (Å²) >= 11 is 1.33. The fourth-order valence-electron chi connectivity index (χ4n) is 1.59. The molecule has 1 aliphatic carbocycles. The van der Waals surface area contributed by atoms with Crippen LogP contribution in [-0.2, 0) is 14.4 Å². The fraction of sp³-hybridized carbons (Fsp3) is 0.727. The highest BCUT2D eigenvalue weighted by molar-refractivity contribution is 7.99. The standard InChI is InChI=1S/C11H18N2O4S/c12-9(14)7-18-6-4-10(15)13(8-1-2-8)5-3-11(16)17/h8H,1-7H2,(H2,12,14)(H,16,17). The quantitative estimate of drug-likeness (QED) is 0.579. The molecule has 3 N–H and O–H groups in total. The van der Waals surface area contributed by atoms with E-state index in [-0.39, 0.29) is 30.7 Å². The molecule has 7 heteroatoms. The first kappa shape index (κ1) is 14.8. The molecule has 1 rings (SSSR count). The van der Waals surface area contributed by atoms with Gasteiger partial charge in [0.1, 0.15) is 0 Å². The maximum Gasteiger partial charge on any atom is 0.305 e. The predicted molar refractivity (Wildman–Crippen MR) is 68.1 cm³/mol. The summed E-state index contributed by atoms with van der Waals surface area (Å²) in [6.45, 7) is 0.277. The van der Waals surface area contributed by atoms with E-state index in [1.807, 2.05) is 0 Å². The zero-order valence-electron chi connectivity index (χ0n) is 10.1. The molecule has 18 heavy (non-hydrogen) atoms. The van der Waals surface area contributed by atoms with Crippen molar-refractivity contribution in [3.63, 3.8) is 0 Å². The number of aliphatic carboxylic acids is 1. The number of carbonyl (C=O) groups is 3. The van der Waals surface area contributed by atoms with Gasteiger partial charge in [0.2, 0.25) is 11.8 Å². The number of nitrogens with two attached hydrogens (primary N) is 1. The number of carbonyl (C=O) groups excluding carboxylic acids is 2. The first-order chi connectivity index (χ1) is 8.50. The van der Waals surface area contributed by atoms with Crippen LogP contribution in [0.25, 0.3) is 0 Å². The molecular weight excluding hydrogens is 256 g/mol. The fourth-order valence-corrected chi connectivity index (χ4v) is 2.25. The number of primary amides is 1. The second-order valence-corrected chi connectivity index (χ2v) is 5.34. The number of carboxylic acid groups (broad SMARTS) is 1. The summed E-state index contributed by atoms with van der Waals surface area (Å²) in [6.07, 6.45) is 2.23. The summed E-state index contributed by atoms with van der Waals surface area (Å²) in [5, 5.41) is 8.63. The van der Waals surface area contributed by atoms with Crippen LogP contribution in [0.3, 0.4) is 0 Å². The summed E-state index contributed by atoms with van der Waals surface area (Å²) in [5.74, 6) is -0.561. The Morgan fingerprint density at radius 3 is 2.44 bits per heavy atom. The Balaban J connectivity index is 2.26. The third-order valence-electron chi connectivity index (χ3n) is 2.58. The van der Waals surface area contributed by atoms with Gasteiger partial charge in [-0.1, -0.05) is 0 Å². The van der Waals surface area contributed by atoms with Crippen molar-refractivity contribution in [1.82, 2.24) is 4.90 Å². The molecule has 102 valence electrons. The van der Waals surface area contributed by atoms with E-state index in [1.165, 1.54) is 11.8 Å². The highest BCUT2D eigenvalue weighted by atomic mass is 32.2. The minimum absolute atomic E-state index is 0.0172. The number of hydrogen-bond acceptors (Lipinski definition) is 4. The van der Waals surface area contributed by atoms with Crippen molar-refractivity contribution in [1.29, 1.82) is 0 Å². The highest BCUT2D eigenvalue weighted by Crippen LogP contribution is 2.27. The molecule has 0 saturated heterocycles. The van der Waals surface area contributed by atoms with Crippen molar-refractivity contribution in [2.24, 2.45) is 5.73 Å². The molecule has 1 aliphatic rings. The molecule has 6 nitrogen and oxygen atoms in total. The van der Waals surface area contributed by atoms with E-state index in [2.05, 4.69) is 0 Å². The van der Waals surface area contributed by atoms with E-state index < -0.39 is 11.9 Å². The van der Waals surface area contributed by atoms with Crippen LogP contribution >= 0.6 is 11.8 Å². The maximum absolute atomic E-state index is 11.9. The monoisotopic (exact) mass is 274 g/mol. The normalized spacial score (nSPS) is 14.2. The lowest BCUT2D eigenvalue weighted by molar-refractivity contribution is -0.138. The lowest BCUT2D eigenvalue weighted by Gasteiger charge is -2.21. The van der Waals surface area contributed by atoms with Gasteiger partial charge >= 0.3 is 5.97 Å². The van der Waals surface area contributed by atoms with Crippen molar-refractivity contribution < 1.29 is 19.5 Å². The Morgan fingerprint density at radius 2 is 1.94 bits per heavy atom. The van der Waals surface area contributed by atoms with Crippen LogP contribution < -0.4 is 5.73 Å². The van der Waals surface area contributed by atoms with Crippen LogP contribution in [-0.4, -0.2) is 51.9 Å². The number of rotatable bonds is 9. The number of amides is 2. The second-order valence-electron chi connectivity index (χ2n) is 4.23. The van der Waals surface area contributed by atoms with Gasteiger partial charge in [-0.25, -0.2) is 0 Å². The molecule has 0 spiro atoms. The minimum Gasteiger partial charge on any atom is -0.481 e. The molecule has 2 amide bonds. The number of hydrogen-bond donors (Lipinski definition) is 2. The van der Waals surface area contributed by atoms with Gasteiger partial charge in [0.25, 0.3) is 0 Å². The van der Waals surface area contributed by atoms with Gasteiger partial charge in [-0.2, -0.15) is 11.8 Å². The average molecular weight is 274 g/mol. The van der Waals surface area contributed by atoms with Gasteiger partial charge in [-0.3, -0.25) is 14.4 Å². The van der Waals surface area contributed by atoms with E-state index in [9.17, 15) is 14.4 Å². The van der Waals surface area contributed by atoms with Gasteiger partial charge in [0.15, 0.2) is 0 Å². The van der Waals surface area contributed by atoms with E-state index in [4.69, 9.17) is 10.8 Å². The Kier molecular flexibility index (Phi) is 5.97. The first-order valence-corrected chi connectivity index (χ1v) is 7.03. The van der Waals surface area contributed by atoms with Crippen LogP contribution in [0.5, 0.6) is 0 Å². The van der Waals surface area contributed by atoms with Crippen LogP contribution in [0.2, 0.25) is 0 Å². The van der Waals surface area contributed by atoms with E-state index in [0.717, 1.165) is 12.8 Å². The third-order valence-corrected chi connectivity index (χ3v) is 3.56. The maximum atomic E-state index is 11.9. The molecule has 0 radical (unpaired) electrons. The van der Waals surface area contributed by atoms with Crippen LogP contribution in [0.4, 0.5) is 0 Å². The molecular formula is C11H18N2O4S.